The van der Waals surface area contributed by atoms with Crippen molar-refractivity contribution >= 4 is 5.97 Å². The third-order valence-electron chi connectivity index (χ3n) is 4.50. The van der Waals surface area contributed by atoms with Gasteiger partial charge in [-0.3, -0.25) is 4.79 Å². The minimum Gasteiger partial charge on any atom is -0.466 e. The van der Waals surface area contributed by atoms with E-state index in [1.807, 2.05) is 0 Å². The van der Waals surface area contributed by atoms with Crippen molar-refractivity contribution in [3.05, 3.63) is 35.6 Å². The molecule has 0 bridgehead atoms. The highest BCUT2D eigenvalue weighted by Crippen LogP contribution is 2.25. The largest absolute Gasteiger partial charge is 0.466 e. The molecule has 0 spiro atoms. The fourth-order valence-corrected chi connectivity index (χ4v) is 3.17. The number of hydrogen-bond donors (Lipinski definition) is 2. The SMILES string of the molecule is CCOC(=O)[C@H]1CCCC[C@H]1NCC(O)COCc1ccccc1F. The molecule has 1 aliphatic carbocycles. The van der Waals surface area contributed by atoms with E-state index in [4.69, 9.17) is 9.47 Å². The van der Waals surface area contributed by atoms with Crippen molar-refractivity contribution in [3.8, 4) is 0 Å². The van der Waals surface area contributed by atoms with Crippen LogP contribution in [0.1, 0.15) is 38.2 Å². The maximum absolute atomic E-state index is 13.5. The topological polar surface area (TPSA) is 67.8 Å². The number of rotatable bonds is 9. The molecular weight excluding hydrogens is 325 g/mol. The normalized spacial score (nSPS) is 21.7. The van der Waals surface area contributed by atoms with E-state index in [1.54, 1.807) is 25.1 Å². The summed E-state index contributed by atoms with van der Waals surface area (Å²) in [4.78, 5) is 12.0. The molecule has 0 heterocycles. The average molecular weight is 353 g/mol. The molecule has 1 unspecified atom stereocenters. The molecule has 1 fully saturated rings. The van der Waals surface area contributed by atoms with Crippen molar-refractivity contribution in [2.75, 3.05) is 19.8 Å². The summed E-state index contributed by atoms with van der Waals surface area (Å²) in [5, 5.41) is 13.3. The van der Waals surface area contributed by atoms with E-state index in [9.17, 15) is 14.3 Å². The zero-order valence-electron chi connectivity index (χ0n) is 14.7. The second kappa shape index (κ2) is 10.5. The highest BCUT2D eigenvalue weighted by Gasteiger charge is 2.31. The van der Waals surface area contributed by atoms with Gasteiger partial charge in [0.05, 0.1) is 31.8 Å². The summed E-state index contributed by atoms with van der Waals surface area (Å²) in [7, 11) is 0. The van der Waals surface area contributed by atoms with Gasteiger partial charge in [0.2, 0.25) is 0 Å². The molecule has 2 N–H and O–H groups in total. The number of aliphatic hydroxyl groups excluding tert-OH is 1. The molecule has 25 heavy (non-hydrogen) atoms. The Labute approximate surface area is 148 Å². The van der Waals surface area contributed by atoms with Gasteiger partial charge in [-0.25, -0.2) is 4.39 Å². The third kappa shape index (κ3) is 6.38. The number of hydrogen-bond acceptors (Lipinski definition) is 5. The lowest BCUT2D eigenvalue weighted by atomic mass is 9.84. The first-order valence-corrected chi connectivity index (χ1v) is 9.01. The second-order valence-electron chi connectivity index (χ2n) is 6.42. The fourth-order valence-electron chi connectivity index (χ4n) is 3.17. The van der Waals surface area contributed by atoms with Gasteiger partial charge in [-0.05, 0) is 25.8 Å². The van der Waals surface area contributed by atoms with Crippen LogP contribution >= 0.6 is 0 Å². The molecule has 1 aromatic rings. The van der Waals surface area contributed by atoms with Crippen LogP contribution in [-0.2, 0) is 20.9 Å². The van der Waals surface area contributed by atoms with Crippen LogP contribution in [0.25, 0.3) is 0 Å². The first-order chi connectivity index (χ1) is 12.1. The van der Waals surface area contributed by atoms with Gasteiger partial charge in [-0.1, -0.05) is 31.0 Å². The van der Waals surface area contributed by atoms with Crippen molar-refractivity contribution in [2.45, 2.75) is 51.4 Å². The molecule has 6 heteroatoms. The van der Waals surface area contributed by atoms with E-state index in [0.717, 1.165) is 25.7 Å². The van der Waals surface area contributed by atoms with E-state index in [2.05, 4.69) is 5.32 Å². The van der Waals surface area contributed by atoms with E-state index in [0.29, 0.717) is 18.7 Å². The molecule has 5 nitrogen and oxygen atoms in total. The summed E-state index contributed by atoms with van der Waals surface area (Å²) in [5.74, 6) is -0.625. The summed E-state index contributed by atoms with van der Waals surface area (Å²) in [5.41, 5.74) is 0.470. The third-order valence-corrected chi connectivity index (χ3v) is 4.50. The molecule has 1 aliphatic rings. The number of nitrogens with one attached hydrogen (secondary N) is 1. The standard InChI is InChI=1S/C19H28FNO4/c1-2-25-19(23)16-8-4-6-10-18(16)21-11-15(22)13-24-12-14-7-3-5-9-17(14)20/h3,5,7,9,15-16,18,21-22H,2,4,6,8,10-13H2,1H3/t15?,16-,18+/m0/s1. The van der Waals surface area contributed by atoms with Crippen molar-refractivity contribution in [1.82, 2.24) is 5.32 Å². The number of halogens is 1. The Balaban J connectivity index is 1.71. The summed E-state index contributed by atoms with van der Waals surface area (Å²) in [6.07, 6.45) is 3.09. The van der Waals surface area contributed by atoms with Crippen LogP contribution in [0, 0.1) is 11.7 Å². The number of aliphatic hydroxyl groups is 1. The highest BCUT2D eigenvalue weighted by atomic mass is 19.1. The maximum Gasteiger partial charge on any atom is 0.310 e. The number of carbonyl (C=O) groups is 1. The zero-order valence-corrected chi connectivity index (χ0v) is 14.7. The summed E-state index contributed by atoms with van der Waals surface area (Å²) >= 11 is 0. The van der Waals surface area contributed by atoms with Gasteiger partial charge < -0.3 is 19.9 Å². The molecule has 0 aromatic heterocycles. The molecule has 0 amide bonds. The Bertz CT molecular complexity index is 540. The quantitative estimate of drug-likeness (QED) is 0.668. The van der Waals surface area contributed by atoms with Crippen molar-refractivity contribution in [3.63, 3.8) is 0 Å². The van der Waals surface area contributed by atoms with Crippen LogP contribution in [0.5, 0.6) is 0 Å². The van der Waals surface area contributed by atoms with Crippen LogP contribution in [-0.4, -0.2) is 43.0 Å². The molecule has 140 valence electrons. The van der Waals surface area contributed by atoms with Crippen LogP contribution < -0.4 is 5.32 Å². The van der Waals surface area contributed by atoms with Crippen LogP contribution in [0.3, 0.4) is 0 Å². The zero-order chi connectivity index (χ0) is 18.1. The van der Waals surface area contributed by atoms with E-state index < -0.39 is 6.10 Å². The van der Waals surface area contributed by atoms with Crippen molar-refractivity contribution < 1.29 is 23.8 Å². The number of esters is 1. The van der Waals surface area contributed by atoms with Crippen LogP contribution in [0.15, 0.2) is 24.3 Å². The lowest BCUT2D eigenvalue weighted by Crippen LogP contribution is -2.46. The first kappa shape index (κ1) is 19.8. The van der Waals surface area contributed by atoms with E-state index >= 15 is 0 Å². The van der Waals surface area contributed by atoms with Gasteiger partial charge in [0.1, 0.15) is 5.82 Å². The average Bonchev–Trinajstić information content (AvgIpc) is 2.62. The number of ether oxygens (including phenoxy) is 2. The molecule has 0 aliphatic heterocycles. The van der Waals surface area contributed by atoms with Crippen molar-refractivity contribution in [1.29, 1.82) is 0 Å². The van der Waals surface area contributed by atoms with Gasteiger partial charge in [0.15, 0.2) is 0 Å². The van der Waals surface area contributed by atoms with Gasteiger partial charge in [-0.15, -0.1) is 0 Å². The fraction of sp³-hybridized carbons (Fsp3) is 0.632. The molecule has 0 saturated heterocycles. The minimum atomic E-state index is -0.712. The van der Waals surface area contributed by atoms with E-state index in [-0.39, 0.29) is 37.0 Å². The van der Waals surface area contributed by atoms with Gasteiger partial charge in [-0.2, -0.15) is 0 Å². The van der Waals surface area contributed by atoms with Crippen molar-refractivity contribution in [2.24, 2.45) is 5.92 Å². The second-order valence-corrected chi connectivity index (χ2v) is 6.42. The Morgan fingerprint density at radius 3 is 2.88 bits per heavy atom. The lowest BCUT2D eigenvalue weighted by molar-refractivity contribution is -0.150. The Hall–Kier alpha value is -1.50. The van der Waals surface area contributed by atoms with Gasteiger partial charge >= 0.3 is 5.97 Å². The van der Waals surface area contributed by atoms with Crippen LogP contribution in [0.2, 0.25) is 0 Å². The number of carbonyl (C=O) groups excluding carboxylic acids is 1. The summed E-state index contributed by atoms with van der Waals surface area (Å²) in [6.45, 7) is 2.75. The number of benzene rings is 1. The molecule has 3 atom stereocenters. The van der Waals surface area contributed by atoms with Gasteiger partial charge in [0.25, 0.3) is 0 Å². The molecular formula is C19H28FNO4. The Morgan fingerprint density at radius 2 is 2.12 bits per heavy atom. The molecule has 1 aromatic carbocycles. The Kier molecular flexibility index (Phi) is 8.31. The smallest absolute Gasteiger partial charge is 0.310 e. The predicted molar refractivity (Wildman–Crippen MR) is 92.4 cm³/mol. The molecule has 1 saturated carbocycles. The summed E-state index contributed by atoms with van der Waals surface area (Å²) in [6, 6.07) is 6.44. The maximum atomic E-state index is 13.5. The van der Waals surface area contributed by atoms with Gasteiger partial charge in [0, 0.05) is 18.2 Å². The Morgan fingerprint density at radius 1 is 1.36 bits per heavy atom. The van der Waals surface area contributed by atoms with Crippen LogP contribution in [0.4, 0.5) is 4.39 Å². The predicted octanol–water partition coefficient (Wildman–Crippen LogP) is 2.41. The minimum absolute atomic E-state index is 0.0222. The molecule has 2 rings (SSSR count). The molecule has 0 radical (unpaired) electrons. The summed E-state index contributed by atoms with van der Waals surface area (Å²) < 4.78 is 24.0. The monoisotopic (exact) mass is 353 g/mol. The van der Waals surface area contributed by atoms with E-state index in [1.165, 1.54) is 6.07 Å². The highest BCUT2D eigenvalue weighted by molar-refractivity contribution is 5.73. The first-order valence-electron chi connectivity index (χ1n) is 9.01. The lowest BCUT2D eigenvalue weighted by Gasteiger charge is -2.31.